The van der Waals surface area contributed by atoms with Crippen LogP contribution in [0, 0.1) is 11.3 Å². The molecule has 2 rings (SSSR count). The predicted octanol–water partition coefficient (Wildman–Crippen LogP) is 2.30. The van der Waals surface area contributed by atoms with Crippen molar-refractivity contribution < 1.29 is 4.79 Å². The summed E-state index contributed by atoms with van der Waals surface area (Å²) in [7, 11) is 3.53. The zero-order valence-electron chi connectivity index (χ0n) is 12.7. The average molecular weight is 317 g/mol. The lowest BCUT2D eigenvalue weighted by atomic mass is 10.3. The van der Waals surface area contributed by atoms with E-state index in [1.165, 1.54) is 0 Å². The van der Waals surface area contributed by atoms with Gasteiger partial charge in [-0.15, -0.1) is 11.3 Å². The standard InChI is InChI=1S/C15H19N5OS/c1-19(2)15(21)4-3-6-20-7-5-14(18-20)17-10-13-8-12(9-16)11-22-13/h5,7-8,11H,3-4,6,10H2,1-2H3,(H,17,18). The maximum Gasteiger partial charge on any atom is 0.222 e. The van der Waals surface area contributed by atoms with E-state index < -0.39 is 0 Å². The van der Waals surface area contributed by atoms with Gasteiger partial charge in [0.05, 0.1) is 12.1 Å². The summed E-state index contributed by atoms with van der Waals surface area (Å²) < 4.78 is 1.83. The predicted molar refractivity (Wildman–Crippen MR) is 86.5 cm³/mol. The number of nitrogens with one attached hydrogen (secondary N) is 1. The Morgan fingerprint density at radius 2 is 2.36 bits per heavy atom. The van der Waals surface area contributed by atoms with Gasteiger partial charge in [0.2, 0.25) is 5.91 Å². The first kappa shape index (κ1) is 16.0. The third kappa shape index (κ3) is 4.60. The first-order valence-corrected chi connectivity index (χ1v) is 7.91. The summed E-state index contributed by atoms with van der Waals surface area (Å²) in [4.78, 5) is 14.2. The van der Waals surface area contributed by atoms with Crippen molar-refractivity contribution in [3.05, 3.63) is 34.2 Å². The molecule has 0 aliphatic rings. The molecule has 22 heavy (non-hydrogen) atoms. The van der Waals surface area contributed by atoms with E-state index in [2.05, 4.69) is 16.5 Å². The molecule has 0 radical (unpaired) electrons. The fourth-order valence-corrected chi connectivity index (χ4v) is 2.66. The van der Waals surface area contributed by atoms with E-state index in [-0.39, 0.29) is 5.91 Å². The SMILES string of the molecule is CN(C)C(=O)CCCn1ccc(NCc2cc(C#N)cs2)n1. The summed E-state index contributed by atoms with van der Waals surface area (Å²) >= 11 is 1.56. The van der Waals surface area contributed by atoms with E-state index in [4.69, 9.17) is 5.26 Å². The Bertz CT molecular complexity index is 668. The van der Waals surface area contributed by atoms with E-state index in [9.17, 15) is 4.79 Å². The molecule has 0 fully saturated rings. The highest BCUT2D eigenvalue weighted by Gasteiger charge is 2.05. The van der Waals surface area contributed by atoms with Crippen LogP contribution in [0.15, 0.2) is 23.7 Å². The molecule has 1 N–H and O–H groups in total. The fourth-order valence-electron chi connectivity index (χ4n) is 1.91. The monoisotopic (exact) mass is 317 g/mol. The van der Waals surface area contributed by atoms with E-state index in [1.807, 2.05) is 28.4 Å². The zero-order valence-corrected chi connectivity index (χ0v) is 13.6. The maximum absolute atomic E-state index is 11.5. The Labute approximate surface area is 134 Å². The molecule has 0 aliphatic heterocycles. The normalized spacial score (nSPS) is 10.2. The van der Waals surface area contributed by atoms with Crippen LogP contribution in [0.25, 0.3) is 0 Å². The van der Waals surface area contributed by atoms with Crippen LogP contribution in [0.1, 0.15) is 23.3 Å². The van der Waals surface area contributed by atoms with Crippen molar-refractivity contribution in [1.29, 1.82) is 5.26 Å². The number of thiophene rings is 1. The zero-order chi connectivity index (χ0) is 15.9. The number of hydrogen-bond donors (Lipinski definition) is 1. The number of rotatable bonds is 7. The molecule has 2 heterocycles. The Morgan fingerprint density at radius 3 is 3.05 bits per heavy atom. The molecule has 0 unspecified atom stereocenters. The summed E-state index contributed by atoms with van der Waals surface area (Å²) in [6, 6.07) is 5.91. The third-order valence-corrected chi connectivity index (χ3v) is 4.08. The molecule has 2 aromatic rings. The minimum absolute atomic E-state index is 0.136. The smallest absolute Gasteiger partial charge is 0.222 e. The topological polar surface area (TPSA) is 74.0 Å². The first-order valence-electron chi connectivity index (χ1n) is 7.03. The largest absolute Gasteiger partial charge is 0.364 e. The second-order valence-electron chi connectivity index (χ2n) is 5.12. The van der Waals surface area contributed by atoms with Crippen LogP contribution in [0.4, 0.5) is 5.82 Å². The molecule has 1 amide bonds. The van der Waals surface area contributed by atoms with E-state index >= 15 is 0 Å². The highest BCUT2D eigenvalue weighted by atomic mass is 32.1. The number of nitriles is 1. The van der Waals surface area contributed by atoms with Crippen LogP contribution in [0.2, 0.25) is 0 Å². The van der Waals surface area contributed by atoms with Crippen molar-refractivity contribution in [2.75, 3.05) is 19.4 Å². The lowest BCUT2D eigenvalue weighted by molar-refractivity contribution is -0.128. The van der Waals surface area contributed by atoms with Crippen molar-refractivity contribution in [2.45, 2.75) is 25.9 Å². The molecule has 0 spiro atoms. The van der Waals surface area contributed by atoms with E-state index in [0.29, 0.717) is 18.5 Å². The summed E-state index contributed by atoms with van der Waals surface area (Å²) in [6.07, 6.45) is 3.20. The van der Waals surface area contributed by atoms with Gasteiger partial charge in [0.15, 0.2) is 0 Å². The third-order valence-electron chi connectivity index (χ3n) is 3.14. The summed E-state index contributed by atoms with van der Waals surface area (Å²) in [5.41, 5.74) is 0.692. The quantitative estimate of drug-likeness (QED) is 0.850. The van der Waals surface area contributed by atoms with Crippen LogP contribution >= 0.6 is 11.3 Å². The minimum Gasteiger partial charge on any atom is -0.364 e. The fraction of sp³-hybridized carbons (Fsp3) is 0.400. The number of carbonyl (C=O) groups is 1. The summed E-state index contributed by atoms with van der Waals surface area (Å²) in [6.45, 7) is 1.38. The van der Waals surface area contributed by atoms with Gasteiger partial charge in [-0.2, -0.15) is 10.4 Å². The molecule has 0 aliphatic carbocycles. The van der Waals surface area contributed by atoms with Crippen molar-refractivity contribution in [3.63, 3.8) is 0 Å². The molecule has 2 aromatic heterocycles. The summed E-state index contributed by atoms with van der Waals surface area (Å²) in [5.74, 6) is 0.933. The van der Waals surface area contributed by atoms with Crippen molar-refractivity contribution in [2.24, 2.45) is 0 Å². The Kier molecular flexibility index (Phi) is 5.55. The van der Waals surface area contributed by atoms with Crippen LogP contribution in [-0.4, -0.2) is 34.7 Å². The van der Waals surface area contributed by atoms with Gasteiger partial charge in [-0.1, -0.05) is 0 Å². The second kappa shape index (κ2) is 7.61. The molecular weight excluding hydrogens is 298 g/mol. The number of anilines is 1. The lowest BCUT2D eigenvalue weighted by Gasteiger charge is -2.09. The Morgan fingerprint density at radius 1 is 1.55 bits per heavy atom. The molecule has 0 saturated carbocycles. The van der Waals surface area contributed by atoms with E-state index in [0.717, 1.165) is 23.7 Å². The average Bonchev–Trinajstić information content (AvgIpc) is 3.13. The van der Waals surface area contributed by atoms with Gasteiger partial charge in [-0.3, -0.25) is 9.48 Å². The number of aromatic nitrogens is 2. The van der Waals surface area contributed by atoms with Gasteiger partial charge in [-0.25, -0.2) is 0 Å². The second-order valence-corrected chi connectivity index (χ2v) is 6.12. The number of carbonyl (C=O) groups excluding carboxylic acids is 1. The molecule has 7 heteroatoms. The Hall–Kier alpha value is -2.33. The van der Waals surface area contributed by atoms with E-state index in [1.54, 1.807) is 30.3 Å². The minimum atomic E-state index is 0.136. The lowest BCUT2D eigenvalue weighted by Crippen LogP contribution is -2.21. The van der Waals surface area contributed by atoms with Crippen molar-refractivity contribution in [3.8, 4) is 6.07 Å². The number of aryl methyl sites for hydroxylation is 1. The van der Waals surface area contributed by atoms with Gasteiger partial charge in [-0.05, 0) is 12.5 Å². The number of amides is 1. The van der Waals surface area contributed by atoms with Gasteiger partial charge in [0.25, 0.3) is 0 Å². The molecule has 0 atom stereocenters. The molecule has 0 aromatic carbocycles. The van der Waals surface area contributed by atoms with Crippen LogP contribution < -0.4 is 5.32 Å². The van der Waals surface area contributed by atoms with Crippen LogP contribution in [0.3, 0.4) is 0 Å². The van der Waals surface area contributed by atoms with Gasteiger partial charge in [0.1, 0.15) is 11.9 Å². The molecule has 116 valence electrons. The first-order chi connectivity index (χ1) is 10.6. The molecular formula is C15H19N5OS. The number of hydrogen-bond acceptors (Lipinski definition) is 5. The molecule has 6 nitrogen and oxygen atoms in total. The van der Waals surface area contributed by atoms with Gasteiger partial charge < -0.3 is 10.2 Å². The van der Waals surface area contributed by atoms with Gasteiger partial charge >= 0.3 is 0 Å². The number of nitrogens with zero attached hydrogens (tertiary/aromatic N) is 4. The summed E-state index contributed by atoms with van der Waals surface area (Å²) in [5, 5.41) is 18.3. The highest BCUT2D eigenvalue weighted by molar-refractivity contribution is 7.10. The van der Waals surface area contributed by atoms with Gasteiger partial charge in [0, 0.05) is 49.6 Å². The maximum atomic E-state index is 11.5. The van der Waals surface area contributed by atoms with Crippen LogP contribution in [0.5, 0.6) is 0 Å². The highest BCUT2D eigenvalue weighted by Crippen LogP contribution is 2.15. The molecule has 0 bridgehead atoms. The van der Waals surface area contributed by atoms with Crippen molar-refractivity contribution >= 4 is 23.1 Å². The van der Waals surface area contributed by atoms with Crippen LogP contribution in [-0.2, 0) is 17.9 Å². The Balaban J connectivity index is 1.76. The van der Waals surface area contributed by atoms with Crippen molar-refractivity contribution in [1.82, 2.24) is 14.7 Å². The molecule has 0 saturated heterocycles.